The number of hydrogen-bond donors (Lipinski definition) is 0. The summed E-state index contributed by atoms with van der Waals surface area (Å²) >= 11 is 1.34. The summed E-state index contributed by atoms with van der Waals surface area (Å²) in [6, 6.07) is 1.70. The monoisotopic (exact) mass is 345 g/mol. The van der Waals surface area contributed by atoms with E-state index in [0.717, 1.165) is 0 Å². The Morgan fingerprint density at radius 2 is 2.00 bits per heavy atom. The first-order valence-electron chi connectivity index (χ1n) is 6.97. The second-order valence-corrected chi connectivity index (χ2v) is 6.52. The molecule has 0 N–H and O–H groups in total. The van der Waals surface area contributed by atoms with E-state index in [-0.39, 0.29) is 12.3 Å². The Bertz CT molecular complexity index is 716. The molecule has 0 atom stereocenters. The molecule has 1 amide bonds. The van der Waals surface area contributed by atoms with Gasteiger partial charge in [0, 0.05) is 36.4 Å². The van der Waals surface area contributed by atoms with Crippen LogP contribution in [0.3, 0.4) is 0 Å². The fourth-order valence-electron chi connectivity index (χ4n) is 2.29. The zero-order valence-electron chi connectivity index (χ0n) is 13.4. The maximum absolute atomic E-state index is 12.7. The van der Waals surface area contributed by atoms with Crippen molar-refractivity contribution in [3.63, 3.8) is 0 Å². The van der Waals surface area contributed by atoms with Gasteiger partial charge >= 0.3 is 6.18 Å². The molecule has 126 valence electrons. The Morgan fingerprint density at radius 1 is 1.35 bits per heavy atom. The third-order valence-electron chi connectivity index (χ3n) is 3.54. The Kier molecular flexibility index (Phi) is 4.84. The van der Waals surface area contributed by atoms with E-state index >= 15 is 0 Å². The van der Waals surface area contributed by atoms with Crippen LogP contribution in [0.5, 0.6) is 0 Å². The molecule has 8 heteroatoms. The maximum atomic E-state index is 12.7. The number of alkyl halides is 3. The molecule has 2 heterocycles. The Hall–Kier alpha value is -1.83. The maximum Gasteiger partial charge on any atom is 0.406 e. The smallest absolute Gasteiger partial charge is 0.348 e. The highest BCUT2D eigenvalue weighted by molar-refractivity contribution is 7.10. The number of thiazole rings is 1. The number of rotatable bonds is 4. The molecule has 0 aliphatic rings. The Balaban J connectivity index is 2.28. The molecule has 0 aliphatic heterocycles. The van der Waals surface area contributed by atoms with Crippen molar-refractivity contribution in [1.29, 1.82) is 0 Å². The van der Waals surface area contributed by atoms with Gasteiger partial charge in [0.15, 0.2) is 0 Å². The zero-order valence-corrected chi connectivity index (χ0v) is 14.2. The normalized spacial score (nSPS) is 11.8. The van der Waals surface area contributed by atoms with Crippen molar-refractivity contribution < 1.29 is 18.0 Å². The fraction of sp³-hybridized carbons (Fsp3) is 0.467. The summed E-state index contributed by atoms with van der Waals surface area (Å²) in [7, 11) is 3.34. The van der Waals surface area contributed by atoms with Crippen molar-refractivity contribution in [3.05, 3.63) is 27.8 Å². The average molecular weight is 345 g/mol. The molecule has 0 radical (unpaired) electrons. The van der Waals surface area contributed by atoms with E-state index in [9.17, 15) is 18.0 Å². The van der Waals surface area contributed by atoms with Crippen molar-refractivity contribution in [2.24, 2.45) is 0 Å². The van der Waals surface area contributed by atoms with Crippen LogP contribution in [-0.2, 0) is 17.8 Å². The van der Waals surface area contributed by atoms with Crippen molar-refractivity contribution in [2.75, 3.05) is 14.1 Å². The van der Waals surface area contributed by atoms with Crippen molar-refractivity contribution in [1.82, 2.24) is 14.5 Å². The molecule has 0 aliphatic carbocycles. The van der Waals surface area contributed by atoms with E-state index in [1.54, 1.807) is 39.4 Å². The van der Waals surface area contributed by atoms with Gasteiger partial charge in [-0.1, -0.05) is 0 Å². The topological polar surface area (TPSA) is 38.1 Å². The molecular weight excluding hydrogens is 327 g/mol. The van der Waals surface area contributed by atoms with Crippen LogP contribution in [0.15, 0.2) is 11.4 Å². The summed E-state index contributed by atoms with van der Waals surface area (Å²) in [6.07, 6.45) is -4.07. The van der Waals surface area contributed by atoms with Gasteiger partial charge in [0.25, 0.3) is 0 Å². The molecule has 0 bridgehead atoms. The summed E-state index contributed by atoms with van der Waals surface area (Å²) in [5.41, 5.74) is 2.34. The molecule has 0 fully saturated rings. The van der Waals surface area contributed by atoms with Gasteiger partial charge in [-0.25, -0.2) is 4.98 Å². The number of carbonyl (C=O) groups is 1. The van der Waals surface area contributed by atoms with Gasteiger partial charge in [0.1, 0.15) is 11.6 Å². The van der Waals surface area contributed by atoms with Crippen LogP contribution in [0.4, 0.5) is 13.2 Å². The van der Waals surface area contributed by atoms with Crippen molar-refractivity contribution in [2.45, 2.75) is 33.0 Å². The number of halogens is 3. The number of aryl methyl sites for hydroxylation is 1. The summed E-state index contributed by atoms with van der Waals surface area (Å²) in [4.78, 5) is 17.6. The molecule has 23 heavy (non-hydrogen) atoms. The predicted octanol–water partition coefficient (Wildman–Crippen LogP) is 3.42. The highest BCUT2D eigenvalue weighted by Gasteiger charge is 2.30. The minimum Gasteiger partial charge on any atom is -0.348 e. The van der Waals surface area contributed by atoms with E-state index in [1.807, 2.05) is 0 Å². The molecule has 0 aromatic carbocycles. The summed E-state index contributed by atoms with van der Waals surface area (Å²) in [5, 5.41) is 2.43. The predicted molar refractivity (Wildman–Crippen MR) is 83.5 cm³/mol. The minimum atomic E-state index is -4.27. The van der Waals surface area contributed by atoms with Gasteiger partial charge in [-0.3, -0.25) is 4.79 Å². The van der Waals surface area contributed by atoms with Gasteiger partial charge in [0.2, 0.25) is 5.91 Å². The van der Waals surface area contributed by atoms with Crippen LogP contribution in [0.1, 0.15) is 16.4 Å². The Morgan fingerprint density at radius 3 is 2.57 bits per heavy atom. The molecule has 2 rings (SSSR count). The highest BCUT2D eigenvalue weighted by Crippen LogP contribution is 2.30. The molecular formula is C15H18F3N3OS. The first-order chi connectivity index (χ1) is 10.6. The second kappa shape index (κ2) is 6.35. The lowest BCUT2D eigenvalue weighted by atomic mass is 10.2. The average Bonchev–Trinajstić information content (AvgIpc) is 2.97. The van der Waals surface area contributed by atoms with Crippen molar-refractivity contribution in [3.8, 4) is 11.3 Å². The number of carbonyl (C=O) groups excluding carboxylic acids is 1. The highest BCUT2D eigenvalue weighted by atomic mass is 32.1. The Labute approximate surface area is 136 Å². The quantitative estimate of drug-likeness (QED) is 0.852. The molecule has 4 nitrogen and oxygen atoms in total. The summed E-state index contributed by atoms with van der Waals surface area (Å²) in [6.45, 7) is 2.28. The van der Waals surface area contributed by atoms with Crippen LogP contribution in [0.25, 0.3) is 11.3 Å². The molecule has 0 unspecified atom stereocenters. The van der Waals surface area contributed by atoms with Crippen molar-refractivity contribution >= 4 is 17.2 Å². The van der Waals surface area contributed by atoms with E-state index < -0.39 is 12.7 Å². The number of hydrogen-bond acceptors (Lipinski definition) is 3. The number of likely N-dealkylation sites (N-methyl/N-ethyl adjacent to an activating group) is 1. The van der Waals surface area contributed by atoms with E-state index in [1.165, 1.54) is 20.8 Å². The van der Waals surface area contributed by atoms with Gasteiger partial charge in [-0.15, -0.1) is 11.3 Å². The molecule has 2 aromatic rings. The minimum absolute atomic E-state index is 0.0616. The van der Waals surface area contributed by atoms with Gasteiger partial charge < -0.3 is 9.47 Å². The summed E-state index contributed by atoms with van der Waals surface area (Å²) in [5.74, 6) is -0.0616. The first-order valence-corrected chi connectivity index (χ1v) is 7.85. The zero-order chi connectivity index (χ0) is 17.4. The molecule has 2 aromatic heterocycles. The van der Waals surface area contributed by atoms with Crippen LogP contribution >= 0.6 is 11.3 Å². The van der Waals surface area contributed by atoms with Crippen LogP contribution < -0.4 is 0 Å². The summed E-state index contributed by atoms with van der Waals surface area (Å²) < 4.78 is 39.2. The van der Waals surface area contributed by atoms with Gasteiger partial charge in [-0.05, 0) is 19.9 Å². The SMILES string of the molecule is Cc1cc(-c2csc(CC(=O)N(C)C)n2)c(C)n1CC(F)(F)F. The van der Waals surface area contributed by atoms with E-state index in [4.69, 9.17) is 0 Å². The number of amides is 1. The largest absolute Gasteiger partial charge is 0.406 e. The standard InChI is InChI=1S/C15H18F3N3OS/c1-9-5-11(10(2)21(9)8-15(16,17)18)12-7-23-13(19-12)6-14(22)20(3)4/h5,7H,6,8H2,1-4H3. The van der Waals surface area contributed by atoms with Crippen LogP contribution in [-0.4, -0.2) is 40.6 Å². The second-order valence-electron chi connectivity index (χ2n) is 5.58. The molecule has 0 saturated heterocycles. The van der Waals surface area contributed by atoms with Gasteiger partial charge in [-0.2, -0.15) is 13.2 Å². The fourth-order valence-corrected chi connectivity index (χ4v) is 3.07. The molecule has 0 saturated carbocycles. The lowest BCUT2D eigenvalue weighted by Gasteiger charge is -2.12. The first kappa shape index (κ1) is 17.5. The third-order valence-corrected chi connectivity index (χ3v) is 4.39. The van der Waals surface area contributed by atoms with Gasteiger partial charge in [0.05, 0.1) is 12.1 Å². The lowest BCUT2D eigenvalue weighted by Crippen LogP contribution is -2.23. The van der Waals surface area contributed by atoms with E-state index in [2.05, 4.69) is 4.98 Å². The molecule has 0 spiro atoms. The third kappa shape index (κ3) is 4.13. The number of aromatic nitrogens is 2. The van der Waals surface area contributed by atoms with Crippen LogP contribution in [0.2, 0.25) is 0 Å². The van der Waals surface area contributed by atoms with Crippen LogP contribution in [0, 0.1) is 13.8 Å². The number of nitrogens with zero attached hydrogens (tertiary/aromatic N) is 3. The van der Waals surface area contributed by atoms with E-state index in [0.29, 0.717) is 27.7 Å². The lowest BCUT2D eigenvalue weighted by molar-refractivity contribution is -0.141.